The first-order chi connectivity index (χ1) is 16.4. The first kappa shape index (κ1) is 21.9. The van der Waals surface area contributed by atoms with Gasteiger partial charge in [-0.2, -0.15) is 0 Å². The summed E-state index contributed by atoms with van der Waals surface area (Å²) in [5, 5.41) is 0. The number of rotatable bonds is 5. The number of anilines is 2. The highest BCUT2D eigenvalue weighted by Gasteiger charge is 2.36. The van der Waals surface area contributed by atoms with Gasteiger partial charge in [-0.3, -0.25) is 9.59 Å². The van der Waals surface area contributed by atoms with E-state index < -0.39 is 0 Å². The summed E-state index contributed by atoms with van der Waals surface area (Å²) < 4.78 is 1.99. The van der Waals surface area contributed by atoms with Crippen LogP contribution in [0.1, 0.15) is 29.3 Å². The molecule has 1 saturated heterocycles. The van der Waals surface area contributed by atoms with Gasteiger partial charge in [0.25, 0.3) is 0 Å². The maximum Gasteiger partial charge on any atom is 0.246 e. The van der Waals surface area contributed by atoms with Gasteiger partial charge in [0.15, 0.2) is 0 Å². The molecule has 1 atom stereocenters. The Morgan fingerprint density at radius 1 is 0.971 bits per heavy atom. The number of nitrogens with zero attached hydrogens (tertiary/aromatic N) is 4. The maximum absolute atomic E-state index is 13.3. The zero-order chi connectivity index (χ0) is 23.8. The number of carbonyl (C=O) groups is 2. The number of amides is 2. The number of fused-ring (bicyclic) bond motifs is 1. The van der Waals surface area contributed by atoms with Gasteiger partial charge in [-0.25, -0.2) is 4.98 Å². The largest absolute Gasteiger partial charge is 0.318 e. The molecule has 6 nitrogen and oxygen atoms in total. The van der Waals surface area contributed by atoms with Gasteiger partial charge in [0.05, 0.1) is 11.0 Å². The molecule has 0 bridgehead atoms. The zero-order valence-electron chi connectivity index (χ0n) is 19.7. The lowest BCUT2D eigenvalue weighted by atomic mass is 10.1. The van der Waals surface area contributed by atoms with E-state index in [2.05, 4.69) is 0 Å². The Kier molecular flexibility index (Phi) is 5.65. The molecule has 1 aromatic heterocycles. The second-order valence-electron chi connectivity index (χ2n) is 8.98. The fourth-order valence-corrected chi connectivity index (χ4v) is 4.94. The topological polar surface area (TPSA) is 58.4 Å². The molecular formula is C28H28N4O2. The average Bonchev–Trinajstić information content (AvgIpc) is 3.39. The predicted molar refractivity (Wildman–Crippen MR) is 135 cm³/mol. The summed E-state index contributed by atoms with van der Waals surface area (Å²) >= 11 is 0. The van der Waals surface area contributed by atoms with Gasteiger partial charge in [-0.15, -0.1) is 0 Å². The van der Waals surface area contributed by atoms with E-state index in [0.717, 1.165) is 39.4 Å². The van der Waals surface area contributed by atoms with Gasteiger partial charge in [0.2, 0.25) is 11.8 Å². The maximum atomic E-state index is 13.3. The van der Waals surface area contributed by atoms with Crippen molar-refractivity contribution in [2.75, 3.05) is 23.4 Å². The number of aryl methyl sites for hydroxylation is 2. The minimum atomic E-state index is -0.0891. The highest BCUT2D eigenvalue weighted by molar-refractivity contribution is 5.98. The number of benzene rings is 3. The van der Waals surface area contributed by atoms with Crippen LogP contribution >= 0.6 is 0 Å². The number of para-hydroxylation sites is 4. The second-order valence-corrected chi connectivity index (χ2v) is 8.98. The number of likely N-dealkylation sites (N-methyl/N-ethyl adjacent to an activating group) is 1. The summed E-state index contributed by atoms with van der Waals surface area (Å²) in [6.45, 7) is 4.79. The molecule has 1 aliphatic rings. The Labute approximate surface area is 199 Å². The first-order valence-corrected chi connectivity index (χ1v) is 11.6. The first-order valence-electron chi connectivity index (χ1n) is 11.6. The zero-order valence-corrected chi connectivity index (χ0v) is 19.7. The number of aromatic nitrogens is 2. The van der Waals surface area contributed by atoms with Crippen LogP contribution in [0.5, 0.6) is 0 Å². The highest BCUT2D eigenvalue weighted by Crippen LogP contribution is 2.36. The molecule has 34 heavy (non-hydrogen) atoms. The van der Waals surface area contributed by atoms with E-state index in [-0.39, 0.29) is 24.3 Å². The molecule has 2 heterocycles. The van der Waals surface area contributed by atoms with Crippen LogP contribution in [0.2, 0.25) is 0 Å². The van der Waals surface area contributed by atoms with Crippen LogP contribution in [0.3, 0.4) is 0 Å². The molecule has 0 unspecified atom stereocenters. The van der Waals surface area contributed by atoms with E-state index in [1.165, 1.54) is 0 Å². The van der Waals surface area contributed by atoms with Crippen molar-refractivity contribution < 1.29 is 9.59 Å². The summed E-state index contributed by atoms with van der Waals surface area (Å²) in [4.78, 5) is 34.8. The third-order valence-electron chi connectivity index (χ3n) is 6.69. The molecule has 4 aromatic rings. The van der Waals surface area contributed by atoms with Gasteiger partial charge in [0.1, 0.15) is 12.4 Å². The van der Waals surface area contributed by atoms with Gasteiger partial charge < -0.3 is 14.4 Å². The lowest BCUT2D eigenvalue weighted by Crippen LogP contribution is -2.31. The van der Waals surface area contributed by atoms with Gasteiger partial charge in [-0.05, 0) is 49.2 Å². The lowest BCUT2D eigenvalue weighted by Gasteiger charge is -2.22. The normalized spacial score (nSPS) is 15.8. The fraction of sp³-hybridized carbons (Fsp3) is 0.250. The number of hydrogen-bond acceptors (Lipinski definition) is 3. The standard InChI is InChI=1S/C28H28N4O2/c1-19-10-9-11-20(2)27(19)32-17-21(16-25(32)33)28-29-23-14-7-8-15-24(23)31(28)18-26(34)30(3)22-12-5-4-6-13-22/h4-15,21H,16-18H2,1-3H3/t21-/m0/s1. The van der Waals surface area contributed by atoms with Crippen LogP contribution in [-0.2, 0) is 16.1 Å². The Hall–Kier alpha value is -3.93. The lowest BCUT2D eigenvalue weighted by molar-refractivity contribution is -0.119. The Balaban J connectivity index is 1.49. The number of imidazole rings is 1. The Morgan fingerprint density at radius 2 is 1.65 bits per heavy atom. The van der Waals surface area contributed by atoms with Crippen LogP contribution in [0.4, 0.5) is 11.4 Å². The molecule has 0 aliphatic carbocycles. The summed E-state index contributed by atoms with van der Waals surface area (Å²) in [7, 11) is 1.79. The van der Waals surface area contributed by atoms with Crippen molar-refractivity contribution in [2.45, 2.75) is 32.7 Å². The summed E-state index contributed by atoms with van der Waals surface area (Å²) in [6.07, 6.45) is 0.375. The van der Waals surface area contributed by atoms with Gasteiger partial charge in [0, 0.05) is 37.3 Å². The van der Waals surface area contributed by atoms with E-state index >= 15 is 0 Å². The molecule has 0 saturated carbocycles. The fourth-order valence-electron chi connectivity index (χ4n) is 4.94. The van der Waals surface area contributed by atoms with Crippen molar-refractivity contribution >= 4 is 34.2 Å². The molecule has 6 heteroatoms. The minimum absolute atomic E-state index is 0.0356. The van der Waals surface area contributed by atoms with E-state index in [1.807, 2.05) is 96.1 Å². The molecule has 0 radical (unpaired) electrons. The van der Waals surface area contributed by atoms with Crippen LogP contribution in [-0.4, -0.2) is 35.0 Å². The molecule has 3 aromatic carbocycles. The van der Waals surface area contributed by atoms with E-state index in [1.54, 1.807) is 11.9 Å². The molecule has 2 amide bonds. The molecule has 1 fully saturated rings. The molecule has 0 spiro atoms. The van der Waals surface area contributed by atoms with Crippen molar-refractivity contribution in [3.8, 4) is 0 Å². The third kappa shape index (κ3) is 3.85. The smallest absolute Gasteiger partial charge is 0.246 e. The van der Waals surface area contributed by atoms with Crippen molar-refractivity contribution in [3.63, 3.8) is 0 Å². The molecule has 172 valence electrons. The molecule has 0 N–H and O–H groups in total. The summed E-state index contributed by atoms with van der Waals surface area (Å²) in [5.41, 5.74) is 5.74. The highest BCUT2D eigenvalue weighted by atomic mass is 16.2. The molecular weight excluding hydrogens is 424 g/mol. The third-order valence-corrected chi connectivity index (χ3v) is 6.69. The Morgan fingerprint density at radius 3 is 2.38 bits per heavy atom. The predicted octanol–water partition coefficient (Wildman–Crippen LogP) is 4.84. The van der Waals surface area contributed by atoms with Crippen molar-refractivity contribution in [1.82, 2.24) is 9.55 Å². The molecule has 1 aliphatic heterocycles. The number of carbonyl (C=O) groups excluding carboxylic acids is 2. The van der Waals surface area contributed by atoms with Gasteiger partial charge in [-0.1, -0.05) is 48.5 Å². The van der Waals surface area contributed by atoms with E-state index in [9.17, 15) is 9.59 Å². The van der Waals surface area contributed by atoms with E-state index in [0.29, 0.717) is 13.0 Å². The second kappa shape index (κ2) is 8.78. The van der Waals surface area contributed by atoms with Gasteiger partial charge >= 0.3 is 0 Å². The molecule has 5 rings (SSSR count). The summed E-state index contributed by atoms with van der Waals surface area (Å²) in [6, 6.07) is 23.6. The SMILES string of the molecule is Cc1cccc(C)c1N1C[C@@H](c2nc3ccccc3n2CC(=O)N(C)c2ccccc2)CC1=O. The van der Waals surface area contributed by atoms with Crippen LogP contribution in [0.25, 0.3) is 11.0 Å². The minimum Gasteiger partial charge on any atom is -0.318 e. The average molecular weight is 453 g/mol. The van der Waals surface area contributed by atoms with Crippen molar-refractivity contribution in [3.05, 3.63) is 89.7 Å². The van der Waals surface area contributed by atoms with Crippen LogP contribution < -0.4 is 9.80 Å². The van der Waals surface area contributed by atoms with Crippen LogP contribution in [0.15, 0.2) is 72.8 Å². The van der Waals surface area contributed by atoms with E-state index in [4.69, 9.17) is 4.98 Å². The summed E-state index contributed by atoms with van der Waals surface area (Å²) in [5.74, 6) is 0.757. The monoisotopic (exact) mass is 452 g/mol. The van der Waals surface area contributed by atoms with Crippen molar-refractivity contribution in [1.29, 1.82) is 0 Å². The van der Waals surface area contributed by atoms with Crippen LogP contribution in [0, 0.1) is 13.8 Å². The van der Waals surface area contributed by atoms with Crippen molar-refractivity contribution in [2.24, 2.45) is 0 Å². The quantitative estimate of drug-likeness (QED) is 0.436. The number of hydrogen-bond donors (Lipinski definition) is 0. The Bertz CT molecular complexity index is 1360.